The molecule has 0 spiro atoms. The van der Waals surface area contributed by atoms with Gasteiger partial charge in [0.2, 0.25) is 5.91 Å². The van der Waals surface area contributed by atoms with Gasteiger partial charge in [-0.15, -0.1) is 11.8 Å². The van der Waals surface area contributed by atoms with Gasteiger partial charge in [-0.2, -0.15) is 0 Å². The van der Waals surface area contributed by atoms with E-state index in [1.165, 1.54) is 24.4 Å². The first-order chi connectivity index (χ1) is 9.97. The Bertz CT molecular complexity index is 476. The molecule has 0 fully saturated rings. The van der Waals surface area contributed by atoms with Crippen molar-refractivity contribution in [3.63, 3.8) is 0 Å². The summed E-state index contributed by atoms with van der Waals surface area (Å²) in [6.45, 7) is 6.89. The molecule has 116 valence electrons. The molecule has 0 saturated heterocycles. The van der Waals surface area contributed by atoms with Crippen LogP contribution in [0.3, 0.4) is 0 Å². The average molecular weight is 309 g/mol. The quantitative estimate of drug-likeness (QED) is 0.705. The predicted molar refractivity (Wildman–Crippen MR) is 86.5 cm³/mol. The zero-order valence-corrected chi connectivity index (χ0v) is 13.7. The predicted octanol–water partition coefficient (Wildman–Crippen LogP) is 2.29. The van der Waals surface area contributed by atoms with Crippen molar-refractivity contribution in [3.8, 4) is 0 Å². The number of thioether (sulfide) groups is 1. The van der Waals surface area contributed by atoms with Crippen LogP contribution in [0.5, 0.6) is 0 Å². The highest BCUT2D eigenvalue weighted by atomic mass is 32.2. The molecule has 5 nitrogen and oxygen atoms in total. The molecule has 1 aromatic carbocycles. The third-order valence-electron chi connectivity index (χ3n) is 3.04. The second-order valence-electron chi connectivity index (χ2n) is 4.68. The van der Waals surface area contributed by atoms with Crippen LogP contribution in [0.2, 0.25) is 0 Å². The van der Waals surface area contributed by atoms with E-state index >= 15 is 0 Å². The monoisotopic (exact) mass is 309 g/mol. The van der Waals surface area contributed by atoms with E-state index < -0.39 is 6.03 Å². The first-order valence-electron chi connectivity index (χ1n) is 7.00. The molecule has 6 heteroatoms. The van der Waals surface area contributed by atoms with Crippen LogP contribution in [0.1, 0.15) is 32.4 Å². The van der Waals surface area contributed by atoms with Gasteiger partial charge in [0.1, 0.15) is 0 Å². The van der Waals surface area contributed by atoms with Crippen LogP contribution in [-0.4, -0.2) is 30.8 Å². The Morgan fingerprint density at radius 3 is 2.33 bits per heavy atom. The molecule has 0 aliphatic rings. The lowest BCUT2D eigenvalue weighted by Crippen LogP contribution is -2.41. The van der Waals surface area contributed by atoms with Crippen LogP contribution in [0.4, 0.5) is 4.79 Å². The van der Waals surface area contributed by atoms with Gasteiger partial charge >= 0.3 is 6.03 Å². The van der Waals surface area contributed by atoms with E-state index in [1.807, 2.05) is 12.1 Å². The fourth-order valence-electron chi connectivity index (χ4n) is 1.79. The Balaban J connectivity index is 2.58. The molecule has 0 aliphatic carbocycles. The standard InChI is InChI=1S/C15H23N3O2S/c1-5-17-10(2)12-6-8-13(9-7-12)21-11(3)14(19)18-15(20)16-4/h6-11,17H,5H2,1-4H3,(H2,16,18,19,20). The Hall–Kier alpha value is -1.53. The van der Waals surface area contributed by atoms with Gasteiger partial charge in [-0.05, 0) is 38.1 Å². The summed E-state index contributed by atoms with van der Waals surface area (Å²) in [5.41, 5.74) is 1.21. The zero-order valence-electron chi connectivity index (χ0n) is 12.9. The van der Waals surface area contributed by atoms with Crippen molar-refractivity contribution in [2.45, 2.75) is 37.0 Å². The van der Waals surface area contributed by atoms with Crippen molar-refractivity contribution in [2.75, 3.05) is 13.6 Å². The van der Waals surface area contributed by atoms with Crippen molar-refractivity contribution in [1.29, 1.82) is 0 Å². The second-order valence-corrected chi connectivity index (χ2v) is 6.09. The van der Waals surface area contributed by atoms with Crippen molar-refractivity contribution in [2.24, 2.45) is 0 Å². The number of nitrogens with one attached hydrogen (secondary N) is 3. The van der Waals surface area contributed by atoms with Gasteiger partial charge in [0, 0.05) is 18.0 Å². The summed E-state index contributed by atoms with van der Waals surface area (Å²) in [6.07, 6.45) is 0. The highest BCUT2D eigenvalue weighted by molar-refractivity contribution is 8.00. The van der Waals surface area contributed by atoms with E-state index in [0.29, 0.717) is 6.04 Å². The molecule has 1 rings (SSSR count). The highest BCUT2D eigenvalue weighted by Gasteiger charge is 2.16. The van der Waals surface area contributed by atoms with Crippen molar-refractivity contribution < 1.29 is 9.59 Å². The lowest BCUT2D eigenvalue weighted by molar-refractivity contribution is -0.119. The molecule has 0 bridgehead atoms. The number of hydrogen-bond acceptors (Lipinski definition) is 4. The van der Waals surface area contributed by atoms with Gasteiger partial charge in [-0.25, -0.2) is 4.79 Å². The lowest BCUT2D eigenvalue weighted by atomic mass is 10.1. The Labute approximate surface area is 130 Å². The van der Waals surface area contributed by atoms with E-state index in [1.54, 1.807) is 6.92 Å². The molecule has 2 unspecified atom stereocenters. The van der Waals surface area contributed by atoms with Crippen LogP contribution in [-0.2, 0) is 4.79 Å². The number of carbonyl (C=O) groups excluding carboxylic acids is 2. The Morgan fingerprint density at radius 2 is 1.81 bits per heavy atom. The van der Waals surface area contributed by atoms with Crippen LogP contribution in [0.15, 0.2) is 29.2 Å². The summed E-state index contributed by atoms with van der Waals surface area (Å²) < 4.78 is 0. The molecular weight excluding hydrogens is 286 g/mol. The van der Waals surface area contributed by atoms with Crippen molar-refractivity contribution in [3.05, 3.63) is 29.8 Å². The Morgan fingerprint density at radius 1 is 1.19 bits per heavy atom. The number of hydrogen-bond donors (Lipinski definition) is 3. The minimum atomic E-state index is -0.484. The Kier molecular flexibility index (Phi) is 7.25. The topological polar surface area (TPSA) is 70.2 Å². The first-order valence-corrected chi connectivity index (χ1v) is 7.88. The number of benzene rings is 1. The summed E-state index contributed by atoms with van der Waals surface area (Å²) in [5, 5.41) is 7.65. The van der Waals surface area contributed by atoms with Gasteiger partial charge in [0.15, 0.2) is 0 Å². The third-order valence-corrected chi connectivity index (χ3v) is 4.15. The van der Waals surface area contributed by atoms with E-state index in [2.05, 4.69) is 41.9 Å². The summed E-state index contributed by atoms with van der Waals surface area (Å²) in [5.74, 6) is -0.301. The lowest BCUT2D eigenvalue weighted by Gasteiger charge is -2.14. The van der Waals surface area contributed by atoms with Crippen LogP contribution in [0.25, 0.3) is 0 Å². The number of rotatable bonds is 6. The van der Waals surface area contributed by atoms with E-state index in [9.17, 15) is 9.59 Å². The van der Waals surface area contributed by atoms with E-state index in [0.717, 1.165) is 11.4 Å². The molecule has 3 amide bonds. The SMILES string of the molecule is CCNC(C)c1ccc(SC(C)C(=O)NC(=O)NC)cc1. The summed E-state index contributed by atoms with van der Waals surface area (Å²) in [6, 6.07) is 7.93. The third kappa shape index (κ3) is 5.77. The molecule has 0 aromatic heterocycles. The number of imide groups is 1. The molecule has 0 heterocycles. The summed E-state index contributed by atoms with van der Waals surface area (Å²) >= 11 is 1.43. The van der Waals surface area contributed by atoms with Gasteiger partial charge in [0.05, 0.1) is 5.25 Å². The minimum absolute atomic E-state index is 0.301. The minimum Gasteiger partial charge on any atom is -0.341 e. The van der Waals surface area contributed by atoms with Crippen LogP contribution < -0.4 is 16.0 Å². The van der Waals surface area contributed by atoms with Crippen LogP contribution in [0, 0.1) is 0 Å². The van der Waals surface area contributed by atoms with E-state index in [-0.39, 0.29) is 11.2 Å². The molecule has 1 aromatic rings. The highest BCUT2D eigenvalue weighted by Crippen LogP contribution is 2.25. The normalized spacial score (nSPS) is 13.3. The smallest absolute Gasteiger partial charge is 0.321 e. The zero-order chi connectivity index (χ0) is 15.8. The van der Waals surface area contributed by atoms with Crippen LogP contribution >= 0.6 is 11.8 Å². The molecule has 21 heavy (non-hydrogen) atoms. The largest absolute Gasteiger partial charge is 0.341 e. The molecule has 3 N–H and O–H groups in total. The number of carbonyl (C=O) groups is 2. The number of amides is 3. The molecule has 0 saturated carbocycles. The van der Waals surface area contributed by atoms with Gasteiger partial charge < -0.3 is 10.6 Å². The first kappa shape index (κ1) is 17.5. The fourth-order valence-corrected chi connectivity index (χ4v) is 2.66. The molecular formula is C15H23N3O2S. The van der Waals surface area contributed by atoms with Crippen molar-refractivity contribution in [1.82, 2.24) is 16.0 Å². The second kappa shape index (κ2) is 8.69. The van der Waals surface area contributed by atoms with Gasteiger partial charge in [-0.1, -0.05) is 19.1 Å². The maximum atomic E-state index is 11.8. The van der Waals surface area contributed by atoms with Gasteiger partial charge in [-0.3, -0.25) is 10.1 Å². The van der Waals surface area contributed by atoms with Crippen molar-refractivity contribution >= 4 is 23.7 Å². The number of urea groups is 1. The molecule has 0 radical (unpaired) electrons. The van der Waals surface area contributed by atoms with Gasteiger partial charge in [0.25, 0.3) is 0 Å². The maximum absolute atomic E-state index is 11.8. The average Bonchev–Trinajstić information content (AvgIpc) is 2.47. The summed E-state index contributed by atoms with van der Waals surface area (Å²) in [4.78, 5) is 23.9. The molecule has 2 atom stereocenters. The van der Waals surface area contributed by atoms with E-state index in [4.69, 9.17) is 0 Å². The maximum Gasteiger partial charge on any atom is 0.321 e. The molecule has 0 aliphatic heterocycles. The fraction of sp³-hybridized carbons (Fsp3) is 0.467. The summed E-state index contributed by atoms with van der Waals surface area (Å²) in [7, 11) is 1.48.